The Labute approximate surface area is 302 Å². The molecule has 0 nitrogen and oxygen atoms in total. The molecule has 0 heterocycles. The first kappa shape index (κ1) is 37.0. The van der Waals surface area contributed by atoms with Crippen LogP contribution >= 0.6 is 0 Å². The molecule has 1 radical (unpaired) electrons. The first-order valence-electron chi connectivity index (χ1n) is 15.4. The van der Waals surface area contributed by atoms with Gasteiger partial charge in [0.1, 0.15) is 0 Å². The second kappa shape index (κ2) is 13.7. The Morgan fingerprint density at radius 3 is 1.69 bits per heavy atom. The summed E-state index contributed by atoms with van der Waals surface area (Å²) >= 11 is 0. The molecule has 0 unspecified atom stereocenters. The third-order valence-electron chi connectivity index (χ3n) is 9.17. The Bertz CT molecular complexity index is 1870. The Hall–Kier alpha value is -2.44. The van der Waals surface area contributed by atoms with Crippen molar-refractivity contribution in [2.45, 2.75) is 79.6 Å². The van der Waals surface area contributed by atoms with E-state index in [2.05, 4.69) is 153 Å². The van der Waals surface area contributed by atoms with Crippen molar-refractivity contribution < 1.29 is 51.0 Å². The Morgan fingerprint density at radius 1 is 0.667 bits per heavy atom. The van der Waals surface area contributed by atoms with Gasteiger partial charge >= 0.3 is 26.2 Å². The van der Waals surface area contributed by atoms with Gasteiger partial charge in [-0.15, -0.1) is 34.1 Å². The maximum absolute atomic E-state index is 4.03. The van der Waals surface area contributed by atoms with E-state index in [0.717, 1.165) is 6.42 Å². The zero-order chi connectivity index (χ0) is 30.0. The van der Waals surface area contributed by atoms with Gasteiger partial charge in [-0.2, -0.15) is 0 Å². The van der Waals surface area contributed by atoms with Crippen molar-refractivity contribution in [3.8, 4) is 11.1 Å². The van der Waals surface area contributed by atoms with E-state index in [1.165, 1.54) is 82.8 Å². The van der Waals surface area contributed by atoms with Crippen molar-refractivity contribution in [3.63, 3.8) is 0 Å². The molecule has 0 atom stereocenters. The molecule has 0 fully saturated rings. The smallest absolute Gasteiger partial charge is 1.00 e. The molecule has 4 aromatic rings. The van der Waals surface area contributed by atoms with E-state index >= 15 is 0 Å². The molecule has 0 N–H and O–H groups in total. The molecular weight excluding hydrogens is 667 g/mol. The molecule has 229 valence electrons. The largest absolute Gasteiger partial charge is 3.00 e. The summed E-state index contributed by atoms with van der Waals surface area (Å²) in [6, 6.07) is 24.4. The van der Waals surface area contributed by atoms with Gasteiger partial charge in [-0.25, -0.2) is 0 Å². The monoisotopic (exact) mass is 707 g/mol. The summed E-state index contributed by atoms with van der Waals surface area (Å²) in [4.78, 5) is 0. The van der Waals surface area contributed by atoms with Crippen molar-refractivity contribution in [1.82, 2.24) is 0 Å². The third-order valence-corrected chi connectivity index (χ3v) is 9.17. The van der Waals surface area contributed by atoms with Gasteiger partial charge < -0.3 is 24.8 Å². The fourth-order valence-corrected chi connectivity index (χ4v) is 7.28. The van der Waals surface area contributed by atoms with Crippen molar-refractivity contribution in [3.05, 3.63) is 145 Å². The van der Waals surface area contributed by atoms with Crippen molar-refractivity contribution >= 4 is 17.2 Å². The number of hydrogen-bond donors (Lipinski definition) is 0. The first-order valence-corrected chi connectivity index (χ1v) is 15.4. The molecule has 0 saturated heterocycles. The molecule has 0 spiro atoms. The fourth-order valence-electron chi connectivity index (χ4n) is 7.28. The van der Waals surface area contributed by atoms with Crippen LogP contribution in [0.1, 0.15) is 98.0 Å². The second-order valence-corrected chi connectivity index (χ2v) is 14.2. The van der Waals surface area contributed by atoms with E-state index in [9.17, 15) is 0 Å². The van der Waals surface area contributed by atoms with Crippen LogP contribution in [0.3, 0.4) is 0 Å². The quantitative estimate of drug-likeness (QED) is 0.252. The molecule has 6 rings (SSSR count). The summed E-state index contributed by atoms with van der Waals surface area (Å²) in [6.45, 7) is 21.2. The maximum atomic E-state index is 4.03. The van der Waals surface area contributed by atoms with Gasteiger partial charge in [-0.3, -0.25) is 0 Å². The fraction of sp³-hybridized carbons (Fsp3) is 0.286. The number of fused-ring (bicyclic) bond motifs is 3. The van der Waals surface area contributed by atoms with E-state index in [1.807, 2.05) is 0 Å². The van der Waals surface area contributed by atoms with E-state index in [1.54, 1.807) is 0 Å². The summed E-state index contributed by atoms with van der Waals surface area (Å²) < 4.78 is 0. The molecule has 0 aromatic heterocycles. The standard InChI is InChI=1S/C42H43.2ClH.Zr/c1-26-27(2)40(42(7,8)9)39(31-22-16-17-23-31)33-24-32-25-34(41(4,5)6)37(28(3)35(32)36(26)33)38(29-18-12-10-13-19-29)30-20-14-11-15-21-30;;;/h10-22,25H,23H2,1-9H3;2*1H;/q-1;;;+3/p-2. The average Bonchev–Trinajstić information content (AvgIpc) is 3.61. The topological polar surface area (TPSA) is 0 Å². The van der Waals surface area contributed by atoms with Gasteiger partial charge in [-0.1, -0.05) is 159 Å². The minimum absolute atomic E-state index is 0. The predicted octanol–water partition coefficient (Wildman–Crippen LogP) is 3.49. The Morgan fingerprint density at radius 2 is 1.22 bits per heavy atom. The van der Waals surface area contributed by atoms with Gasteiger partial charge in [0, 0.05) is 0 Å². The molecule has 3 heteroatoms. The Balaban J connectivity index is 0.00000184. The predicted molar refractivity (Wildman–Crippen MR) is 181 cm³/mol. The molecule has 0 bridgehead atoms. The van der Waals surface area contributed by atoms with Gasteiger partial charge in [-0.05, 0) is 59.9 Å². The van der Waals surface area contributed by atoms with Crippen molar-refractivity contribution in [1.29, 1.82) is 0 Å². The molecule has 4 aromatic carbocycles. The first-order chi connectivity index (χ1) is 19.9. The van der Waals surface area contributed by atoms with Crippen LogP contribution in [0.15, 0.2) is 85.0 Å². The van der Waals surface area contributed by atoms with Crippen LogP contribution in [0.4, 0.5) is 0 Å². The molecular formula is C42H43Cl2Zr. The third kappa shape index (κ3) is 6.43. The SMILES string of the molecule is Cc1c(C)c(C(C)(C)C)c(C2=CC=CC2)c2c1-c1c(C)c(=C(c3ccccc3)c3ccccc3)c(C(C)(C)C)cc1=[C-]2.[Cl-].[Cl-].[Zr+3]. The number of benzene rings is 4. The van der Waals surface area contributed by atoms with Gasteiger partial charge in [0.2, 0.25) is 0 Å². The van der Waals surface area contributed by atoms with Gasteiger partial charge in [0.25, 0.3) is 0 Å². The number of rotatable bonds is 3. The van der Waals surface area contributed by atoms with Crippen LogP contribution in [0, 0.1) is 20.8 Å². The number of hydrogen-bond acceptors (Lipinski definition) is 0. The maximum Gasteiger partial charge on any atom is 3.00 e. The van der Waals surface area contributed by atoms with Crippen LogP contribution in [0.5, 0.6) is 0 Å². The number of halogens is 2. The van der Waals surface area contributed by atoms with Crippen LogP contribution in [-0.2, 0) is 37.0 Å². The van der Waals surface area contributed by atoms with E-state index < -0.39 is 0 Å². The van der Waals surface area contributed by atoms with Crippen LogP contribution in [0.2, 0.25) is 0 Å². The zero-order valence-corrected chi connectivity index (χ0v) is 32.0. The van der Waals surface area contributed by atoms with Crippen LogP contribution in [0.25, 0.3) is 28.3 Å². The van der Waals surface area contributed by atoms with Gasteiger partial charge in [0.15, 0.2) is 0 Å². The molecule has 0 amide bonds. The van der Waals surface area contributed by atoms with Crippen LogP contribution in [-0.4, -0.2) is 0 Å². The van der Waals surface area contributed by atoms with E-state index in [-0.39, 0.29) is 61.8 Å². The van der Waals surface area contributed by atoms with E-state index in [4.69, 9.17) is 0 Å². The van der Waals surface area contributed by atoms with Crippen molar-refractivity contribution in [2.75, 3.05) is 0 Å². The minimum Gasteiger partial charge on any atom is -1.00 e. The zero-order valence-electron chi connectivity index (χ0n) is 28.0. The minimum atomic E-state index is -0.0529. The summed E-state index contributed by atoms with van der Waals surface area (Å²) in [6.07, 6.45) is 11.8. The van der Waals surface area contributed by atoms with Crippen LogP contribution < -0.4 is 35.3 Å². The molecule has 2 aliphatic carbocycles. The normalized spacial score (nSPS) is 13.0. The van der Waals surface area contributed by atoms with E-state index in [0.29, 0.717) is 0 Å². The van der Waals surface area contributed by atoms with Gasteiger partial charge in [0.05, 0.1) is 0 Å². The van der Waals surface area contributed by atoms with Crippen molar-refractivity contribution in [2.24, 2.45) is 0 Å². The summed E-state index contributed by atoms with van der Waals surface area (Å²) in [7, 11) is 0. The summed E-state index contributed by atoms with van der Waals surface area (Å²) in [5.74, 6) is 0. The summed E-state index contributed by atoms with van der Waals surface area (Å²) in [5.41, 5.74) is 17.6. The average molecular weight is 710 g/mol. The molecule has 2 aliphatic rings. The second-order valence-electron chi connectivity index (χ2n) is 14.2. The number of allylic oxidation sites excluding steroid dienone is 4. The molecule has 45 heavy (non-hydrogen) atoms. The summed E-state index contributed by atoms with van der Waals surface area (Å²) in [5, 5.41) is 2.59. The Kier molecular flexibility index (Phi) is 11.3. The molecule has 0 aliphatic heterocycles. The molecule has 0 saturated carbocycles.